The Kier molecular flexibility index (Phi) is 4.09. The number of hydrogen-bond donors (Lipinski definition) is 0. The Morgan fingerprint density at radius 2 is 2.13 bits per heavy atom. The van der Waals surface area contributed by atoms with Gasteiger partial charge in [-0.3, -0.25) is 9.59 Å². The number of nitrogens with zero attached hydrogens (tertiary/aromatic N) is 2. The van der Waals surface area contributed by atoms with E-state index in [2.05, 4.69) is 0 Å². The number of halogens is 2. The smallest absolute Gasteiger partial charge is 0.290 e. The van der Waals surface area contributed by atoms with Crippen molar-refractivity contribution in [3.05, 3.63) is 53.2 Å². The second kappa shape index (κ2) is 6.04. The first-order valence-corrected chi connectivity index (χ1v) is 7.47. The highest BCUT2D eigenvalue weighted by Gasteiger charge is 2.36. The molecule has 5 nitrogen and oxygen atoms in total. The number of benzene rings is 1. The molecule has 1 atom stereocenters. The van der Waals surface area contributed by atoms with E-state index in [-0.39, 0.29) is 22.6 Å². The van der Waals surface area contributed by atoms with Gasteiger partial charge >= 0.3 is 0 Å². The minimum atomic E-state index is -0.648. The van der Waals surface area contributed by atoms with Gasteiger partial charge in [-0.2, -0.15) is 0 Å². The molecule has 1 aromatic heterocycles. The number of carbonyl (C=O) groups excluding carboxylic acids is 2. The summed E-state index contributed by atoms with van der Waals surface area (Å²) in [4.78, 5) is 27.9. The molecule has 7 heteroatoms. The summed E-state index contributed by atoms with van der Waals surface area (Å²) >= 11 is 5.77. The molecule has 1 saturated heterocycles. The van der Waals surface area contributed by atoms with Gasteiger partial charge in [-0.15, -0.1) is 0 Å². The number of carbonyl (C=O) groups is 2. The summed E-state index contributed by atoms with van der Waals surface area (Å²) in [5.74, 6) is -0.919. The first-order valence-electron chi connectivity index (χ1n) is 7.10. The molecule has 1 aromatic carbocycles. The van der Waals surface area contributed by atoms with E-state index in [9.17, 15) is 14.0 Å². The summed E-state index contributed by atoms with van der Waals surface area (Å²) in [5, 5.41) is -0.0444. The van der Waals surface area contributed by atoms with Crippen LogP contribution in [0.3, 0.4) is 0 Å². The molecule has 3 rings (SSSR count). The fourth-order valence-corrected chi connectivity index (χ4v) is 2.77. The van der Waals surface area contributed by atoms with Gasteiger partial charge in [-0.25, -0.2) is 4.39 Å². The van der Waals surface area contributed by atoms with E-state index in [0.717, 1.165) is 0 Å². The maximum absolute atomic E-state index is 13.3. The zero-order valence-corrected chi connectivity index (χ0v) is 13.1. The first-order chi connectivity index (χ1) is 11.0. The van der Waals surface area contributed by atoms with Crippen LogP contribution in [0, 0.1) is 5.82 Å². The molecule has 0 N–H and O–H groups in total. The number of amides is 2. The van der Waals surface area contributed by atoms with Crippen molar-refractivity contribution in [1.82, 2.24) is 4.90 Å². The van der Waals surface area contributed by atoms with Crippen LogP contribution >= 0.6 is 11.6 Å². The van der Waals surface area contributed by atoms with Crippen LogP contribution in [0.4, 0.5) is 10.1 Å². The molecule has 1 aliphatic heterocycles. The van der Waals surface area contributed by atoms with Crippen molar-refractivity contribution in [1.29, 1.82) is 0 Å². The van der Waals surface area contributed by atoms with Crippen LogP contribution in [0.1, 0.15) is 17.5 Å². The Hall–Kier alpha value is -2.34. The molecule has 0 radical (unpaired) electrons. The van der Waals surface area contributed by atoms with Gasteiger partial charge in [0.05, 0.1) is 11.3 Å². The summed E-state index contributed by atoms with van der Waals surface area (Å²) in [6.07, 6.45) is 1.41. The van der Waals surface area contributed by atoms with E-state index in [1.165, 1.54) is 34.3 Å². The summed E-state index contributed by atoms with van der Waals surface area (Å²) in [7, 11) is 0. The van der Waals surface area contributed by atoms with Gasteiger partial charge in [0.15, 0.2) is 5.76 Å². The molecular formula is C16H14ClFN2O3. The van der Waals surface area contributed by atoms with E-state index in [1.807, 2.05) is 0 Å². The number of piperazine rings is 1. The number of furan rings is 1. The van der Waals surface area contributed by atoms with Crippen molar-refractivity contribution in [2.45, 2.75) is 13.0 Å². The highest BCUT2D eigenvalue weighted by atomic mass is 35.5. The van der Waals surface area contributed by atoms with E-state index in [0.29, 0.717) is 18.8 Å². The SMILES string of the molecule is C[C@H]1C(=O)N(c2ccc(F)c(Cl)c2)CCN1C(=O)c1ccco1. The third-order valence-electron chi connectivity index (χ3n) is 3.86. The Bertz CT molecular complexity index is 748. The van der Waals surface area contributed by atoms with Crippen LogP contribution in [-0.4, -0.2) is 35.8 Å². The Morgan fingerprint density at radius 1 is 1.35 bits per heavy atom. The summed E-state index contributed by atoms with van der Waals surface area (Å²) in [6, 6.07) is 6.66. The van der Waals surface area contributed by atoms with Crippen LogP contribution in [-0.2, 0) is 4.79 Å². The predicted molar refractivity (Wildman–Crippen MR) is 83.0 cm³/mol. The minimum absolute atomic E-state index is 0.0444. The quantitative estimate of drug-likeness (QED) is 0.847. The molecule has 120 valence electrons. The van der Waals surface area contributed by atoms with E-state index < -0.39 is 11.9 Å². The van der Waals surface area contributed by atoms with Gasteiger partial charge in [0, 0.05) is 18.8 Å². The van der Waals surface area contributed by atoms with Gasteiger partial charge in [0.25, 0.3) is 5.91 Å². The van der Waals surface area contributed by atoms with Gasteiger partial charge in [0.2, 0.25) is 5.91 Å². The summed E-state index contributed by atoms with van der Waals surface area (Å²) in [5.41, 5.74) is 0.512. The van der Waals surface area contributed by atoms with Gasteiger partial charge in [0.1, 0.15) is 11.9 Å². The van der Waals surface area contributed by atoms with Crippen LogP contribution < -0.4 is 4.90 Å². The summed E-state index contributed by atoms with van der Waals surface area (Å²) < 4.78 is 18.4. The maximum atomic E-state index is 13.3. The molecule has 1 fully saturated rings. The topological polar surface area (TPSA) is 53.8 Å². The fraction of sp³-hybridized carbons (Fsp3) is 0.250. The Balaban J connectivity index is 1.81. The highest BCUT2D eigenvalue weighted by Crippen LogP contribution is 2.26. The molecule has 0 aliphatic carbocycles. The largest absolute Gasteiger partial charge is 0.459 e. The van der Waals surface area contributed by atoms with E-state index in [4.69, 9.17) is 16.0 Å². The lowest BCUT2D eigenvalue weighted by atomic mass is 10.1. The molecule has 2 heterocycles. The Morgan fingerprint density at radius 3 is 2.78 bits per heavy atom. The molecule has 0 spiro atoms. The molecule has 2 amide bonds. The van der Waals surface area contributed by atoms with Crippen molar-refractivity contribution >= 4 is 29.1 Å². The first kappa shape index (κ1) is 15.6. The predicted octanol–water partition coefficient (Wildman–Crippen LogP) is 2.95. The monoisotopic (exact) mass is 336 g/mol. The van der Waals surface area contributed by atoms with Crippen molar-refractivity contribution in [2.75, 3.05) is 18.0 Å². The van der Waals surface area contributed by atoms with Crippen molar-refractivity contribution in [2.24, 2.45) is 0 Å². The molecule has 0 bridgehead atoms. The lowest BCUT2D eigenvalue weighted by Gasteiger charge is -2.38. The summed E-state index contributed by atoms with van der Waals surface area (Å²) in [6.45, 7) is 2.31. The fourth-order valence-electron chi connectivity index (χ4n) is 2.60. The molecule has 0 saturated carbocycles. The van der Waals surface area contributed by atoms with Crippen LogP contribution in [0.25, 0.3) is 0 Å². The molecule has 1 aliphatic rings. The normalized spacial score (nSPS) is 18.4. The van der Waals surface area contributed by atoms with E-state index in [1.54, 1.807) is 19.1 Å². The van der Waals surface area contributed by atoms with Crippen LogP contribution in [0.15, 0.2) is 41.0 Å². The highest BCUT2D eigenvalue weighted by molar-refractivity contribution is 6.31. The average molecular weight is 337 g/mol. The lowest BCUT2D eigenvalue weighted by Crippen LogP contribution is -2.57. The minimum Gasteiger partial charge on any atom is -0.459 e. The Labute approximate surface area is 137 Å². The average Bonchev–Trinajstić information content (AvgIpc) is 3.06. The second-order valence-corrected chi connectivity index (χ2v) is 5.65. The van der Waals surface area contributed by atoms with Crippen molar-refractivity contribution < 1.29 is 18.4 Å². The van der Waals surface area contributed by atoms with Crippen LogP contribution in [0.2, 0.25) is 5.02 Å². The lowest BCUT2D eigenvalue weighted by molar-refractivity contribution is -0.124. The van der Waals surface area contributed by atoms with Crippen LogP contribution in [0.5, 0.6) is 0 Å². The number of hydrogen-bond acceptors (Lipinski definition) is 3. The molecule has 23 heavy (non-hydrogen) atoms. The maximum Gasteiger partial charge on any atom is 0.290 e. The molecule has 2 aromatic rings. The van der Waals surface area contributed by atoms with Gasteiger partial charge in [-0.1, -0.05) is 11.6 Å². The molecular weight excluding hydrogens is 323 g/mol. The third kappa shape index (κ3) is 2.82. The van der Waals surface area contributed by atoms with Crippen molar-refractivity contribution in [3.63, 3.8) is 0 Å². The standard InChI is InChI=1S/C16H14ClFN2O3/c1-10-15(21)20(11-4-5-13(18)12(17)9-11)7-6-19(10)16(22)14-3-2-8-23-14/h2-5,8-10H,6-7H2,1H3/t10-/m0/s1. The van der Waals surface area contributed by atoms with E-state index >= 15 is 0 Å². The van der Waals surface area contributed by atoms with Gasteiger partial charge in [-0.05, 0) is 37.3 Å². The third-order valence-corrected chi connectivity index (χ3v) is 4.15. The van der Waals surface area contributed by atoms with Gasteiger partial charge < -0.3 is 14.2 Å². The zero-order chi connectivity index (χ0) is 16.6. The number of rotatable bonds is 2. The zero-order valence-electron chi connectivity index (χ0n) is 12.3. The number of anilines is 1. The molecule has 0 unspecified atom stereocenters. The second-order valence-electron chi connectivity index (χ2n) is 5.24. The van der Waals surface area contributed by atoms with Crippen molar-refractivity contribution in [3.8, 4) is 0 Å².